The standard InChI is InChI=1S/C22H20FN5O2/c1-26-8-7-14-12-17(5-6-18(14)22(26)30)27-9-10-28-20(27)13-19(25-28)24-21(29)15-3-2-4-16(23)11-15/h2-6,11-13H,7-10H2,1H3,(H,24,25,29). The Bertz CT molecular complexity index is 1170. The highest BCUT2D eigenvalue weighted by molar-refractivity contribution is 6.04. The van der Waals surface area contributed by atoms with Crippen molar-refractivity contribution in [3.63, 3.8) is 0 Å². The number of halogens is 1. The van der Waals surface area contributed by atoms with Crippen LogP contribution in [0, 0.1) is 5.82 Å². The van der Waals surface area contributed by atoms with E-state index in [9.17, 15) is 14.0 Å². The zero-order valence-electron chi connectivity index (χ0n) is 16.4. The minimum atomic E-state index is -0.460. The number of benzene rings is 2. The molecule has 2 aliphatic rings. The predicted molar refractivity (Wildman–Crippen MR) is 111 cm³/mol. The molecule has 0 saturated carbocycles. The van der Waals surface area contributed by atoms with Crippen molar-refractivity contribution in [1.82, 2.24) is 14.7 Å². The minimum absolute atomic E-state index is 0.0524. The number of amides is 2. The van der Waals surface area contributed by atoms with Gasteiger partial charge in [-0.3, -0.25) is 9.59 Å². The first-order chi connectivity index (χ1) is 14.5. The van der Waals surface area contributed by atoms with Crippen molar-refractivity contribution in [1.29, 1.82) is 0 Å². The number of fused-ring (bicyclic) bond motifs is 2. The summed E-state index contributed by atoms with van der Waals surface area (Å²) < 4.78 is 15.2. The fourth-order valence-corrected chi connectivity index (χ4v) is 4.00. The predicted octanol–water partition coefficient (Wildman–Crippen LogP) is 3.05. The van der Waals surface area contributed by atoms with Gasteiger partial charge in [0.05, 0.1) is 6.54 Å². The lowest BCUT2D eigenvalue weighted by Crippen LogP contribution is -2.34. The van der Waals surface area contributed by atoms with Crippen LogP contribution in [0.1, 0.15) is 26.3 Å². The smallest absolute Gasteiger partial charge is 0.256 e. The second kappa shape index (κ2) is 6.98. The lowest BCUT2D eigenvalue weighted by Gasteiger charge is -2.26. The second-order valence-electron chi connectivity index (χ2n) is 7.55. The Labute approximate surface area is 172 Å². The van der Waals surface area contributed by atoms with E-state index in [0.717, 1.165) is 35.6 Å². The van der Waals surface area contributed by atoms with E-state index in [2.05, 4.69) is 21.4 Å². The third-order valence-corrected chi connectivity index (χ3v) is 5.59. The van der Waals surface area contributed by atoms with Crippen molar-refractivity contribution in [2.45, 2.75) is 13.0 Å². The summed E-state index contributed by atoms with van der Waals surface area (Å²) in [6.07, 6.45) is 0.827. The van der Waals surface area contributed by atoms with Gasteiger partial charge in [0.15, 0.2) is 5.82 Å². The lowest BCUT2D eigenvalue weighted by atomic mass is 9.98. The van der Waals surface area contributed by atoms with E-state index < -0.39 is 11.7 Å². The number of nitrogens with zero attached hydrogens (tertiary/aromatic N) is 4. The minimum Gasteiger partial charge on any atom is -0.341 e. The van der Waals surface area contributed by atoms with Crippen LogP contribution < -0.4 is 10.2 Å². The molecule has 0 unspecified atom stereocenters. The molecule has 7 nitrogen and oxygen atoms in total. The highest BCUT2D eigenvalue weighted by atomic mass is 19.1. The molecule has 0 aliphatic carbocycles. The molecule has 0 fully saturated rings. The largest absolute Gasteiger partial charge is 0.341 e. The van der Waals surface area contributed by atoms with E-state index in [1.165, 1.54) is 18.2 Å². The summed E-state index contributed by atoms with van der Waals surface area (Å²) in [4.78, 5) is 28.6. The third kappa shape index (κ3) is 3.10. The Balaban J connectivity index is 1.39. The molecule has 0 spiro atoms. The van der Waals surface area contributed by atoms with E-state index >= 15 is 0 Å². The van der Waals surface area contributed by atoms with Crippen molar-refractivity contribution < 1.29 is 14.0 Å². The van der Waals surface area contributed by atoms with Crippen LogP contribution in [0.5, 0.6) is 0 Å². The van der Waals surface area contributed by atoms with Gasteiger partial charge in [-0.1, -0.05) is 6.07 Å². The van der Waals surface area contributed by atoms with Crippen molar-refractivity contribution in [2.24, 2.45) is 0 Å². The number of carbonyl (C=O) groups is 2. The van der Waals surface area contributed by atoms with Crippen LogP contribution in [-0.4, -0.2) is 46.6 Å². The summed E-state index contributed by atoms with van der Waals surface area (Å²) in [6, 6.07) is 13.2. The summed E-state index contributed by atoms with van der Waals surface area (Å²) in [6.45, 7) is 2.15. The molecular weight excluding hydrogens is 385 g/mol. The maximum absolute atomic E-state index is 13.4. The summed E-state index contributed by atoms with van der Waals surface area (Å²) in [5, 5.41) is 7.19. The van der Waals surface area contributed by atoms with Gasteiger partial charge in [-0.15, -0.1) is 0 Å². The van der Waals surface area contributed by atoms with Crippen LogP contribution in [0.25, 0.3) is 0 Å². The summed E-state index contributed by atoms with van der Waals surface area (Å²) in [5.41, 5.74) is 3.04. The number of hydrogen-bond acceptors (Lipinski definition) is 4. The van der Waals surface area contributed by atoms with Gasteiger partial charge in [0.25, 0.3) is 11.8 Å². The molecule has 3 heterocycles. The molecule has 30 heavy (non-hydrogen) atoms. The van der Waals surface area contributed by atoms with Crippen LogP contribution in [0.3, 0.4) is 0 Å². The number of nitrogens with one attached hydrogen (secondary N) is 1. The molecule has 152 valence electrons. The van der Waals surface area contributed by atoms with Gasteiger partial charge in [0.2, 0.25) is 0 Å². The topological polar surface area (TPSA) is 70.5 Å². The molecule has 2 amide bonds. The molecule has 0 radical (unpaired) electrons. The fraction of sp³-hybridized carbons (Fsp3) is 0.227. The zero-order valence-corrected chi connectivity index (χ0v) is 16.4. The molecule has 1 N–H and O–H groups in total. The van der Waals surface area contributed by atoms with Gasteiger partial charge in [0.1, 0.15) is 11.6 Å². The van der Waals surface area contributed by atoms with Crippen LogP contribution in [0.15, 0.2) is 48.5 Å². The maximum Gasteiger partial charge on any atom is 0.256 e. The third-order valence-electron chi connectivity index (χ3n) is 5.59. The zero-order chi connectivity index (χ0) is 20.8. The lowest BCUT2D eigenvalue weighted by molar-refractivity contribution is 0.0780. The van der Waals surface area contributed by atoms with Crippen molar-refractivity contribution in [2.75, 3.05) is 30.4 Å². The summed E-state index contributed by atoms with van der Waals surface area (Å²) >= 11 is 0. The molecule has 3 aromatic rings. The van der Waals surface area contributed by atoms with Gasteiger partial charge in [0, 0.05) is 43.0 Å². The van der Waals surface area contributed by atoms with Gasteiger partial charge >= 0.3 is 0 Å². The van der Waals surface area contributed by atoms with E-state index in [-0.39, 0.29) is 11.5 Å². The highest BCUT2D eigenvalue weighted by Crippen LogP contribution is 2.34. The van der Waals surface area contributed by atoms with E-state index in [0.29, 0.717) is 18.9 Å². The maximum atomic E-state index is 13.4. The molecule has 8 heteroatoms. The monoisotopic (exact) mass is 405 g/mol. The molecular formula is C22H20FN5O2. The van der Waals surface area contributed by atoms with Crippen molar-refractivity contribution >= 4 is 29.1 Å². The van der Waals surface area contributed by atoms with Crippen LogP contribution in [0.4, 0.5) is 21.7 Å². The average molecular weight is 405 g/mol. The Morgan fingerprint density at radius 2 is 1.97 bits per heavy atom. The van der Waals surface area contributed by atoms with E-state index in [1.54, 1.807) is 11.0 Å². The van der Waals surface area contributed by atoms with Crippen LogP contribution in [-0.2, 0) is 13.0 Å². The first kappa shape index (κ1) is 18.4. The van der Waals surface area contributed by atoms with Crippen molar-refractivity contribution in [3.05, 3.63) is 71.0 Å². The molecule has 2 aromatic carbocycles. The summed E-state index contributed by atoms with van der Waals surface area (Å²) in [5.74, 6) is 0.464. The fourth-order valence-electron chi connectivity index (χ4n) is 4.00. The SMILES string of the molecule is CN1CCc2cc(N3CCn4nc(NC(=O)c5cccc(F)c5)cc43)ccc2C1=O. The average Bonchev–Trinajstić information content (AvgIpc) is 3.30. The highest BCUT2D eigenvalue weighted by Gasteiger charge is 2.26. The number of hydrogen-bond donors (Lipinski definition) is 1. The first-order valence-electron chi connectivity index (χ1n) is 9.80. The Morgan fingerprint density at radius 3 is 2.80 bits per heavy atom. The second-order valence-corrected chi connectivity index (χ2v) is 7.55. The number of anilines is 3. The van der Waals surface area contributed by atoms with Gasteiger partial charge < -0.3 is 15.1 Å². The van der Waals surface area contributed by atoms with Gasteiger partial charge in [-0.05, 0) is 48.4 Å². The quantitative estimate of drug-likeness (QED) is 0.727. The molecule has 0 atom stereocenters. The van der Waals surface area contributed by atoms with Crippen LogP contribution >= 0.6 is 0 Å². The summed E-state index contributed by atoms with van der Waals surface area (Å²) in [7, 11) is 1.82. The number of carbonyl (C=O) groups excluding carboxylic acids is 2. The number of aromatic nitrogens is 2. The number of rotatable bonds is 3. The van der Waals surface area contributed by atoms with Crippen LogP contribution in [0.2, 0.25) is 0 Å². The molecule has 5 rings (SSSR count). The molecule has 0 saturated heterocycles. The van der Waals surface area contributed by atoms with E-state index in [1.807, 2.05) is 29.9 Å². The molecule has 2 aliphatic heterocycles. The molecule has 1 aromatic heterocycles. The number of likely N-dealkylation sites (N-methyl/N-ethyl adjacent to an activating group) is 1. The Morgan fingerprint density at radius 1 is 1.10 bits per heavy atom. The first-order valence-corrected chi connectivity index (χ1v) is 9.80. The van der Waals surface area contributed by atoms with E-state index in [4.69, 9.17) is 0 Å². The Hall–Kier alpha value is -3.68. The van der Waals surface area contributed by atoms with Gasteiger partial charge in [-0.2, -0.15) is 5.10 Å². The van der Waals surface area contributed by atoms with Crippen molar-refractivity contribution in [3.8, 4) is 0 Å². The van der Waals surface area contributed by atoms with Gasteiger partial charge in [-0.25, -0.2) is 9.07 Å². The normalized spacial score (nSPS) is 15.2. The molecule has 0 bridgehead atoms. The Kier molecular flexibility index (Phi) is 4.27.